The normalized spacial score (nSPS) is 27.1. The Morgan fingerprint density at radius 2 is 1.83 bits per heavy atom. The third kappa shape index (κ3) is 2.78. The van der Waals surface area contributed by atoms with Crippen LogP contribution in [0.25, 0.3) is 0 Å². The van der Waals surface area contributed by atoms with Crippen LogP contribution in [0.4, 0.5) is 0 Å². The van der Waals surface area contributed by atoms with Crippen LogP contribution in [0.2, 0.25) is 0 Å². The highest BCUT2D eigenvalue weighted by Gasteiger charge is 2.52. The van der Waals surface area contributed by atoms with Crippen molar-refractivity contribution in [2.45, 2.75) is 51.7 Å². The molecule has 2 fully saturated rings. The van der Waals surface area contributed by atoms with Crippen molar-refractivity contribution in [2.24, 2.45) is 11.7 Å². The SMILES string of the molecule is CC1(C)OB(C(C=[NH+]CC2CC2)=CN)OC1(C)C. The Bertz CT molecular complexity index is 357. The van der Waals surface area contributed by atoms with Crippen LogP contribution in [0.1, 0.15) is 40.5 Å². The van der Waals surface area contributed by atoms with Crippen LogP contribution in [0, 0.1) is 5.92 Å². The quantitative estimate of drug-likeness (QED) is 0.547. The van der Waals surface area contributed by atoms with Gasteiger partial charge in [0.15, 0.2) is 6.21 Å². The first-order valence-corrected chi connectivity index (χ1v) is 6.70. The molecule has 5 heteroatoms. The second kappa shape index (κ2) is 4.70. The zero-order valence-electron chi connectivity index (χ0n) is 11.8. The van der Waals surface area contributed by atoms with Gasteiger partial charge in [-0.1, -0.05) is 0 Å². The van der Waals surface area contributed by atoms with Crippen LogP contribution in [-0.2, 0) is 9.31 Å². The van der Waals surface area contributed by atoms with E-state index in [1.165, 1.54) is 12.8 Å². The van der Waals surface area contributed by atoms with Crippen LogP contribution >= 0.6 is 0 Å². The van der Waals surface area contributed by atoms with Gasteiger partial charge in [-0.05, 0) is 46.7 Å². The lowest BCUT2D eigenvalue weighted by Crippen LogP contribution is -2.70. The summed E-state index contributed by atoms with van der Waals surface area (Å²) in [5.41, 5.74) is 5.88. The zero-order valence-corrected chi connectivity index (χ0v) is 11.8. The molecular weight excluding hydrogens is 227 g/mol. The molecule has 4 nitrogen and oxygen atoms in total. The molecule has 100 valence electrons. The second-order valence-electron chi connectivity index (χ2n) is 6.25. The van der Waals surface area contributed by atoms with Gasteiger partial charge in [0.05, 0.1) is 16.7 Å². The maximum atomic E-state index is 5.95. The molecule has 0 atom stereocenters. The molecule has 18 heavy (non-hydrogen) atoms. The fourth-order valence-electron chi connectivity index (χ4n) is 1.84. The molecule has 1 saturated carbocycles. The fourth-order valence-corrected chi connectivity index (χ4v) is 1.84. The molecule has 2 rings (SSSR count). The third-order valence-electron chi connectivity index (χ3n) is 4.09. The Kier molecular flexibility index (Phi) is 3.56. The van der Waals surface area contributed by atoms with Gasteiger partial charge in [-0.3, -0.25) is 0 Å². The first kappa shape index (κ1) is 13.6. The molecule has 0 aromatic rings. The summed E-state index contributed by atoms with van der Waals surface area (Å²) in [7, 11) is -0.383. The zero-order chi connectivity index (χ0) is 13.4. The minimum Gasteiger partial charge on any atom is -0.405 e. The van der Waals surface area contributed by atoms with Crippen molar-refractivity contribution in [3.63, 3.8) is 0 Å². The molecule has 1 aliphatic heterocycles. The van der Waals surface area contributed by atoms with Crippen LogP contribution in [0.3, 0.4) is 0 Å². The van der Waals surface area contributed by atoms with Crippen LogP contribution in [0.15, 0.2) is 11.7 Å². The molecule has 0 bridgehead atoms. The second-order valence-corrected chi connectivity index (χ2v) is 6.25. The van der Waals surface area contributed by atoms with E-state index < -0.39 is 0 Å². The van der Waals surface area contributed by atoms with E-state index in [1.54, 1.807) is 6.20 Å². The van der Waals surface area contributed by atoms with Crippen molar-refractivity contribution in [1.29, 1.82) is 0 Å². The van der Waals surface area contributed by atoms with E-state index >= 15 is 0 Å². The average molecular weight is 251 g/mol. The Morgan fingerprint density at radius 3 is 2.28 bits per heavy atom. The Labute approximate surface area is 110 Å². The smallest absolute Gasteiger partial charge is 0.405 e. The van der Waals surface area contributed by atoms with E-state index in [4.69, 9.17) is 15.0 Å². The molecule has 1 aliphatic carbocycles. The maximum absolute atomic E-state index is 5.95. The van der Waals surface area contributed by atoms with Gasteiger partial charge < -0.3 is 15.0 Å². The molecule has 1 heterocycles. The van der Waals surface area contributed by atoms with Crippen molar-refractivity contribution in [1.82, 2.24) is 0 Å². The molecule has 1 saturated heterocycles. The highest BCUT2D eigenvalue weighted by molar-refractivity contribution is 6.60. The lowest BCUT2D eigenvalue weighted by Gasteiger charge is -2.32. The molecule has 2 aliphatic rings. The number of allylic oxidation sites excluding steroid dienone is 1. The monoisotopic (exact) mass is 251 g/mol. The minimum atomic E-state index is -0.383. The van der Waals surface area contributed by atoms with E-state index in [0.29, 0.717) is 0 Å². The predicted molar refractivity (Wildman–Crippen MR) is 73.0 cm³/mol. The number of hydrogen-bond acceptors (Lipinski definition) is 3. The number of nitrogens with one attached hydrogen (secondary N) is 1. The average Bonchev–Trinajstić information content (AvgIpc) is 3.02. The molecule has 0 radical (unpaired) electrons. The van der Waals surface area contributed by atoms with E-state index in [1.807, 2.05) is 33.9 Å². The van der Waals surface area contributed by atoms with Gasteiger partial charge in [-0.25, -0.2) is 4.99 Å². The summed E-state index contributed by atoms with van der Waals surface area (Å²) in [6.07, 6.45) is 6.14. The summed E-state index contributed by atoms with van der Waals surface area (Å²) >= 11 is 0. The Hall–Kier alpha value is -0.805. The summed E-state index contributed by atoms with van der Waals surface area (Å²) in [6, 6.07) is 0. The minimum absolute atomic E-state index is 0.323. The highest BCUT2D eigenvalue weighted by Crippen LogP contribution is 2.37. The van der Waals surface area contributed by atoms with Gasteiger partial charge in [0.25, 0.3) is 0 Å². The van der Waals surface area contributed by atoms with E-state index in [-0.39, 0.29) is 18.3 Å². The molecule has 0 aromatic carbocycles. The first-order valence-electron chi connectivity index (χ1n) is 6.70. The number of rotatable bonds is 4. The summed E-state index contributed by atoms with van der Waals surface area (Å²) in [4.78, 5) is 3.30. The van der Waals surface area contributed by atoms with Crippen molar-refractivity contribution >= 4 is 13.3 Å². The van der Waals surface area contributed by atoms with Gasteiger partial charge in [0, 0.05) is 5.92 Å². The molecule has 0 unspecified atom stereocenters. The molecule has 0 amide bonds. The van der Waals surface area contributed by atoms with Gasteiger partial charge in [0.2, 0.25) is 0 Å². The largest absolute Gasteiger partial charge is 0.502 e. The van der Waals surface area contributed by atoms with Crippen molar-refractivity contribution < 1.29 is 14.3 Å². The lowest BCUT2D eigenvalue weighted by molar-refractivity contribution is -0.455. The lowest BCUT2D eigenvalue weighted by atomic mass is 9.79. The topological polar surface area (TPSA) is 58.5 Å². The van der Waals surface area contributed by atoms with Gasteiger partial charge >= 0.3 is 7.12 Å². The summed E-state index contributed by atoms with van der Waals surface area (Å²) in [5.74, 6) is 0.832. The fraction of sp³-hybridized carbons (Fsp3) is 0.769. The highest BCUT2D eigenvalue weighted by atomic mass is 16.7. The standard InChI is InChI=1S/C13H23BN2O2/c1-12(2)13(3,4)18-14(17-12)11(7-15)9-16-8-10-5-6-10/h7,9-10H,5-6,8,15H2,1-4H3/p+1. The maximum Gasteiger partial charge on any atom is 0.502 e. The first-order chi connectivity index (χ1) is 8.36. The van der Waals surface area contributed by atoms with Crippen molar-refractivity contribution in [2.75, 3.05) is 6.54 Å². The van der Waals surface area contributed by atoms with Crippen LogP contribution < -0.4 is 10.7 Å². The third-order valence-corrected chi connectivity index (χ3v) is 4.09. The molecular formula is C13H24BN2O2+. The van der Waals surface area contributed by atoms with Gasteiger partial charge in [-0.2, -0.15) is 0 Å². The van der Waals surface area contributed by atoms with Gasteiger partial charge in [0.1, 0.15) is 6.54 Å². The summed E-state index contributed by atoms with van der Waals surface area (Å²) < 4.78 is 11.9. The molecule has 0 aromatic heterocycles. The van der Waals surface area contributed by atoms with Crippen LogP contribution in [-0.4, -0.2) is 31.1 Å². The summed E-state index contributed by atoms with van der Waals surface area (Å²) in [6.45, 7) is 9.17. The van der Waals surface area contributed by atoms with Gasteiger partial charge in [-0.15, -0.1) is 0 Å². The van der Waals surface area contributed by atoms with Crippen molar-refractivity contribution in [3.05, 3.63) is 11.7 Å². The van der Waals surface area contributed by atoms with Crippen LogP contribution in [0.5, 0.6) is 0 Å². The Morgan fingerprint density at radius 1 is 1.28 bits per heavy atom. The Balaban J connectivity index is 1.99. The number of nitrogens with two attached hydrogens (primary N) is 1. The summed E-state index contributed by atoms with van der Waals surface area (Å²) in [5, 5.41) is 0. The molecule has 3 N–H and O–H groups in total. The van der Waals surface area contributed by atoms with Crippen molar-refractivity contribution in [3.8, 4) is 0 Å². The number of hydrogen-bond donors (Lipinski definition) is 2. The molecule has 0 spiro atoms. The van der Waals surface area contributed by atoms with E-state index in [0.717, 1.165) is 17.9 Å². The predicted octanol–water partition coefficient (Wildman–Crippen LogP) is 0.0218. The van der Waals surface area contributed by atoms with E-state index in [9.17, 15) is 0 Å². The van der Waals surface area contributed by atoms with E-state index in [2.05, 4.69) is 4.99 Å².